The first-order valence-corrected chi connectivity index (χ1v) is 8.68. The molecular formula is C20H32O2. The van der Waals surface area contributed by atoms with E-state index in [2.05, 4.69) is 27.0 Å². The molecule has 2 fully saturated rings. The van der Waals surface area contributed by atoms with Gasteiger partial charge in [-0.25, -0.2) is 0 Å². The average molecular weight is 304 g/mol. The molecule has 0 saturated heterocycles. The largest absolute Gasteiger partial charge is 0.386 e. The quantitative estimate of drug-likeness (QED) is 0.591. The van der Waals surface area contributed by atoms with Gasteiger partial charge in [0, 0.05) is 5.41 Å². The predicted molar refractivity (Wildman–Crippen MR) is 91.5 cm³/mol. The highest BCUT2D eigenvalue weighted by Crippen LogP contribution is 2.61. The van der Waals surface area contributed by atoms with Crippen LogP contribution in [-0.2, 0) is 4.79 Å². The Labute approximate surface area is 135 Å². The van der Waals surface area contributed by atoms with E-state index in [9.17, 15) is 9.90 Å². The van der Waals surface area contributed by atoms with Gasteiger partial charge in [-0.05, 0) is 62.7 Å². The lowest BCUT2D eigenvalue weighted by Crippen LogP contribution is -2.51. The second-order valence-electron chi connectivity index (χ2n) is 8.39. The Hall–Kier alpha value is -0.890. The summed E-state index contributed by atoms with van der Waals surface area (Å²) in [4.78, 5) is 11.8. The molecule has 2 unspecified atom stereocenters. The van der Waals surface area contributed by atoms with E-state index in [1.165, 1.54) is 18.3 Å². The second-order valence-corrected chi connectivity index (χ2v) is 8.39. The van der Waals surface area contributed by atoms with Gasteiger partial charge in [-0.2, -0.15) is 0 Å². The highest BCUT2D eigenvalue weighted by atomic mass is 16.3. The molecule has 22 heavy (non-hydrogen) atoms. The van der Waals surface area contributed by atoms with Gasteiger partial charge in [0.25, 0.3) is 0 Å². The molecule has 2 saturated carbocycles. The standard InChI is InChI=1S/C20H32O2/c1-6-19(4,22)13-10-16-15(2)8-9-17-18(3,14-21)11-7-12-20(16,17)5/h6,14,16-17,22H,1-2,7-13H2,3-5H3/t16?,17?,18-,19-,20-/m1/s1. The third kappa shape index (κ3) is 2.95. The maximum Gasteiger partial charge on any atom is 0.126 e. The number of aldehydes is 1. The Morgan fingerprint density at radius 1 is 1.41 bits per heavy atom. The van der Waals surface area contributed by atoms with Crippen LogP contribution in [0.25, 0.3) is 0 Å². The third-order valence-corrected chi connectivity index (χ3v) is 6.71. The van der Waals surface area contributed by atoms with Gasteiger partial charge in [0.2, 0.25) is 0 Å². The van der Waals surface area contributed by atoms with Gasteiger partial charge in [-0.3, -0.25) is 0 Å². The molecule has 0 bridgehead atoms. The van der Waals surface area contributed by atoms with Crippen molar-refractivity contribution >= 4 is 6.29 Å². The van der Waals surface area contributed by atoms with E-state index < -0.39 is 5.60 Å². The number of carbonyl (C=O) groups is 1. The molecular weight excluding hydrogens is 272 g/mol. The summed E-state index contributed by atoms with van der Waals surface area (Å²) in [5.41, 5.74) is 0.452. The first-order chi connectivity index (χ1) is 10.2. The fraction of sp³-hybridized carbons (Fsp3) is 0.750. The number of carbonyl (C=O) groups excluding carboxylic acids is 1. The van der Waals surface area contributed by atoms with Crippen molar-refractivity contribution in [3.63, 3.8) is 0 Å². The highest BCUT2D eigenvalue weighted by molar-refractivity contribution is 5.60. The smallest absolute Gasteiger partial charge is 0.126 e. The van der Waals surface area contributed by atoms with Crippen LogP contribution < -0.4 is 0 Å². The summed E-state index contributed by atoms with van der Waals surface area (Å²) in [7, 11) is 0. The van der Waals surface area contributed by atoms with Gasteiger partial charge in [0.05, 0.1) is 5.60 Å². The van der Waals surface area contributed by atoms with Crippen LogP contribution in [0.5, 0.6) is 0 Å². The van der Waals surface area contributed by atoms with E-state index in [1.807, 2.05) is 6.92 Å². The van der Waals surface area contributed by atoms with Crippen LogP contribution in [0.1, 0.15) is 65.7 Å². The zero-order chi connectivity index (χ0) is 16.6. The van der Waals surface area contributed by atoms with Gasteiger partial charge < -0.3 is 9.90 Å². The van der Waals surface area contributed by atoms with E-state index in [0.29, 0.717) is 18.3 Å². The predicted octanol–water partition coefficient (Wildman–Crippen LogP) is 4.68. The first kappa shape index (κ1) is 17.5. The minimum Gasteiger partial charge on any atom is -0.386 e. The van der Waals surface area contributed by atoms with Crippen LogP contribution >= 0.6 is 0 Å². The van der Waals surface area contributed by atoms with E-state index >= 15 is 0 Å². The normalized spacial score (nSPS) is 41.4. The SMILES string of the molecule is C=C[C@@](C)(O)CCC1C(=C)CCC2[C@]1(C)CCC[C@]2(C)C=O. The number of rotatable bonds is 5. The number of hydrogen-bond acceptors (Lipinski definition) is 2. The Bertz CT molecular complexity index is 464. The Morgan fingerprint density at radius 2 is 2.09 bits per heavy atom. The lowest BCUT2D eigenvalue weighted by atomic mass is 9.47. The molecule has 5 atom stereocenters. The Morgan fingerprint density at radius 3 is 2.68 bits per heavy atom. The summed E-state index contributed by atoms with van der Waals surface area (Å²) in [5, 5.41) is 10.3. The van der Waals surface area contributed by atoms with Crippen LogP contribution in [0, 0.1) is 22.7 Å². The minimum absolute atomic E-state index is 0.139. The van der Waals surface area contributed by atoms with E-state index in [0.717, 1.165) is 32.1 Å². The van der Waals surface area contributed by atoms with Gasteiger partial charge in [0.15, 0.2) is 0 Å². The highest BCUT2D eigenvalue weighted by Gasteiger charge is 2.54. The molecule has 0 amide bonds. The lowest BCUT2D eigenvalue weighted by Gasteiger charge is -2.57. The fourth-order valence-corrected chi connectivity index (χ4v) is 5.21. The molecule has 124 valence electrons. The third-order valence-electron chi connectivity index (χ3n) is 6.71. The van der Waals surface area contributed by atoms with Crippen LogP contribution in [0.3, 0.4) is 0 Å². The van der Waals surface area contributed by atoms with E-state index in [-0.39, 0.29) is 10.8 Å². The van der Waals surface area contributed by atoms with Crippen LogP contribution in [-0.4, -0.2) is 17.0 Å². The molecule has 0 spiro atoms. The van der Waals surface area contributed by atoms with Crippen LogP contribution in [0.15, 0.2) is 24.8 Å². The molecule has 2 aliphatic rings. The number of allylic oxidation sites excluding steroid dienone is 1. The fourth-order valence-electron chi connectivity index (χ4n) is 5.21. The van der Waals surface area contributed by atoms with Crippen molar-refractivity contribution in [1.82, 2.24) is 0 Å². The summed E-state index contributed by atoms with van der Waals surface area (Å²) in [5.74, 6) is 0.840. The molecule has 2 aliphatic carbocycles. The van der Waals surface area contributed by atoms with Crippen molar-refractivity contribution in [3.8, 4) is 0 Å². The minimum atomic E-state index is -0.813. The number of aliphatic hydroxyl groups is 1. The van der Waals surface area contributed by atoms with Crippen molar-refractivity contribution in [3.05, 3.63) is 24.8 Å². The van der Waals surface area contributed by atoms with Crippen molar-refractivity contribution in [2.24, 2.45) is 22.7 Å². The van der Waals surface area contributed by atoms with Gasteiger partial charge in [-0.15, -0.1) is 6.58 Å². The molecule has 1 N–H and O–H groups in total. The monoisotopic (exact) mass is 304 g/mol. The van der Waals surface area contributed by atoms with Crippen molar-refractivity contribution in [2.45, 2.75) is 71.3 Å². The first-order valence-electron chi connectivity index (χ1n) is 8.68. The molecule has 0 heterocycles. The number of hydrogen-bond donors (Lipinski definition) is 1. The average Bonchev–Trinajstić information content (AvgIpc) is 2.46. The van der Waals surface area contributed by atoms with Crippen molar-refractivity contribution < 1.29 is 9.90 Å². The summed E-state index contributed by atoms with van der Waals surface area (Å²) in [6.07, 6.45) is 9.88. The van der Waals surface area contributed by atoms with Gasteiger partial charge >= 0.3 is 0 Å². The molecule has 2 rings (SSSR count). The zero-order valence-corrected chi connectivity index (χ0v) is 14.5. The molecule has 0 aromatic heterocycles. The lowest BCUT2D eigenvalue weighted by molar-refractivity contribution is -0.130. The van der Waals surface area contributed by atoms with Crippen LogP contribution in [0.2, 0.25) is 0 Å². The van der Waals surface area contributed by atoms with Gasteiger partial charge in [-0.1, -0.05) is 38.5 Å². The summed E-state index contributed by atoms with van der Waals surface area (Å²) in [6, 6.07) is 0. The number of fused-ring (bicyclic) bond motifs is 1. The molecule has 0 aliphatic heterocycles. The summed E-state index contributed by atoms with van der Waals surface area (Å²) in [6.45, 7) is 14.4. The molecule has 0 aromatic rings. The zero-order valence-electron chi connectivity index (χ0n) is 14.5. The van der Waals surface area contributed by atoms with Crippen LogP contribution in [0.4, 0.5) is 0 Å². The maximum atomic E-state index is 11.8. The molecule has 2 nitrogen and oxygen atoms in total. The molecule has 0 aromatic carbocycles. The van der Waals surface area contributed by atoms with Crippen molar-refractivity contribution in [1.29, 1.82) is 0 Å². The topological polar surface area (TPSA) is 37.3 Å². The summed E-state index contributed by atoms with van der Waals surface area (Å²) >= 11 is 0. The Kier molecular flexibility index (Phi) is 4.73. The second kappa shape index (κ2) is 5.96. The molecule has 2 heteroatoms. The van der Waals surface area contributed by atoms with Gasteiger partial charge in [0.1, 0.15) is 6.29 Å². The summed E-state index contributed by atoms with van der Waals surface area (Å²) < 4.78 is 0. The molecule has 0 radical (unpaired) electrons. The Balaban J connectivity index is 2.26. The van der Waals surface area contributed by atoms with Crippen molar-refractivity contribution in [2.75, 3.05) is 0 Å². The van der Waals surface area contributed by atoms with E-state index in [4.69, 9.17) is 0 Å². The van der Waals surface area contributed by atoms with E-state index in [1.54, 1.807) is 6.08 Å². The maximum absolute atomic E-state index is 11.8.